The van der Waals surface area contributed by atoms with Gasteiger partial charge in [0.1, 0.15) is 17.5 Å². The summed E-state index contributed by atoms with van der Waals surface area (Å²) in [6.07, 6.45) is 2.99. The first kappa shape index (κ1) is 14.0. The van der Waals surface area contributed by atoms with Gasteiger partial charge < -0.3 is 21.1 Å². The molecule has 2 rings (SSSR count). The van der Waals surface area contributed by atoms with Crippen molar-refractivity contribution >= 4 is 11.6 Å². The quantitative estimate of drug-likeness (QED) is 0.669. The molecule has 19 heavy (non-hydrogen) atoms. The molecule has 2 heterocycles. The van der Waals surface area contributed by atoms with Crippen molar-refractivity contribution in [1.82, 2.24) is 9.97 Å². The Kier molecular flexibility index (Phi) is 5.35. The average molecular weight is 265 g/mol. The van der Waals surface area contributed by atoms with E-state index in [1.54, 1.807) is 0 Å². The van der Waals surface area contributed by atoms with Crippen molar-refractivity contribution in [1.29, 1.82) is 0 Å². The van der Waals surface area contributed by atoms with Crippen LogP contribution < -0.4 is 16.4 Å². The van der Waals surface area contributed by atoms with Crippen LogP contribution in [0.5, 0.6) is 0 Å². The van der Waals surface area contributed by atoms with E-state index in [2.05, 4.69) is 20.6 Å². The summed E-state index contributed by atoms with van der Waals surface area (Å²) in [7, 11) is 0. The third-order valence-electron chi connectivity index (χ3n) is 3.10. The second kappa shape index (κ2) is 7.25. The monoisotopic (exact) mass is 265 g/mol. The van der Waals surface area contributed by atoms with Gasteiger partial charge >= 0.3 is 0 Å². The van der Waals surface area contributed by atoms with E-state index in [4.69, 9.17) is 10.5 Å². The van der Waals surface area contributed by atoms with Gasteiger partial charge in [-0.05, 0) is 32.7 Å². The topological polar surface area (TPSA) is 85.1 Å². The summed E-state index contributed by atoms with van der Waals surface area (Å²) in [4.78, 5) is 8.80. The van der Waals surface area contributed by atoms with Crippen LogP contribution in [0, 0.1) is 6.92 Å². The van der Waals surface area contributed by atoms with E-state index in [0.29, 0.717) is 12.6 Å². The second-order valence-corrected chi connectivity index (χ2v) is 4.79. The third kappa shape index (κ3) is 4.65. The Labute approximate surface area is 114 Å². The van der Waals surface area contributed by atoms with Gasteiger partial charge in [-0.15, -0.1) is 0 Å². The van der Waals surface area contributed by atoms with Gasteiger partial charge in [0.25, 0.3) is 0 Å². The van der Waals surface area contributed by atoms with Gasteiger partial charge in [-0.2, -0.15) is 0 Å². The maximum Gasteiger partial charge on any atom is 0.132 e. The highest BCUT2D eigenvalue weighted by Crippen LogP contribution is 2.16. The summed E-state index contributed by atoms with van der Waals surface area (Å²) in [6, 6.07) is 2.40. The van der Waals surface area contributed by atoms with Crippen LogP contribution in [0.25, 0.3) is 0 Å². The standard InChI is InChI=1S/C13H23N5O/c1-10-16-12(15-6-2-5-14)9-13(17-10)18-11-3-7-19-8-4-11/h9,11H,2-8,14H2,1H3,(H2,15,16,17,18). The van der Waals surface area contributed by atoms with Crippen LogP contribution >= 0.6 is 0 Å². The molecule has 0 radical (unpaired) electrons. The van der Waals surface area contributed by atoms with E-state index < -0.39 is 0 Å². The molecule has 0 amide bonds. The number of hydrogen-bond donors (Lipinski definition) is 3. The summed E-state index contributed by atoms with van der Waals surface area (Å²) < 4.78 is 5.35. The highest BCUT2D eigenvalue weighted by atomic mass is 16.5. The number of rotatable bonds is 6. The van der Waals surface area contributed by atoms with Crippen molar-refractivity contribution in [3.05, 3.63) is 11.9 Å². The highest BCUT2D eigenvalue weighted by molar-refractivity contribution is 5.48. The molecule has 6 nitrogen and oxygen atoms in total. The first-order chi connectivity index (χ1) is 9.28. The van der Waals surface area contributed by atoms with Crippen molar-refractivity contribution < 1.29 is 4.74 Å². The zero-order valence-electron chi connectivity index (χ0n) is 11.5. The molecule has 0 saturated carbocycles. The molecule has 1 saturated heterocycles. The fourth-order valence-electron chi connectivity index (χ4n) is 2.10. The zero-order valence-corrected chi connectivity index (χ0v) is 11.5. The molecule has 1 aromatic heterocycles. The molecular formula is C13H23N5O. The van der Waals surface area contributed by atoms with Gasteiger partial charge in [0.05, 0.1) is 0 Å². The van der Waals surface area contributed by atoms with Crippen molar-refractivity contribution in [3.8, 4) is 0 Å². The molecule has 0 unspecified atom stereocenters. The van der Waals surface area contributed by atoms with E-state index in [1.807, 2.05) is 13.0 Å². The Balaban J connectivity index is 1.95. The predicted molar refractivity (Wildman–Crippen MR) is 76.4 cm³/mol. The lowest BCUT2D eigenvalue weighted by Crippen LogP contribution is -2.28. The minimum atomic E-state index is 0.444. The molecule has 106 valence electrons. The van der Waals surface area contributed by atoms with E-state index in [9.17, 15) is 0 Å². The number of aromatic nitrogens is 2. The van der Waals surface area contributed by atoms with Crippen molar-refractivity contribution in [2.75, 3.05) is 36.9 Å². The molecule has 0 spiro atoms. The number of nitrogens with zero attached hydrogens (tertiary/aromatic N) is 2. The lowest BCUT2D eigenvalue weighted by Gasteiger charge is -2.23. The van der Waals surface area contributed by atoms with Crippen molar-refractivity contribution in [2.24, 2.45) is 5.73 Å². The predicted octanol–water partition coefficient (Wildman–Crippen LogP) is 1.14. The normalized spacial score (nSPS) is 16.3. The SMILES string of the molecule is Cc1nc(NCCCN)cc(NC2CCOCC2)n1. The number of ether oxygens (including phenoxy) is 1. The van der Waals surface area contributed by atoms with E-state index in [1.165, 1.54) is 0 Å². The summed E-state index contributed by atoms with van der Waals surface area (Å²) >= 11 is 0. The third-order valence-corrected chi connectivity index (χ3v) is 3.10. The Morgan fingerprint density at radius 3 is 2.79 bits per heavy atom. The van der Waals surface area contributed by atoms with Gasteiger partial charge in [-0.1, -0.05) is 0 Å². The molecular weight excluding hydrogens is 242 g/mol. The smallest absolute Gasteiger partial charge is 0.132 e. The van der Waals surface area contributed by atoms with Crippen molar-refractivity contribution in [3.63, 3.8) is 0 Å². The largest absolute Gasteiger partial charge is 0.381 e. The Morgan fingerprint density at radius 1 is 1.32 bits per heavy atom. The fraction of sp³-hybridized carbons (Fsp3) is 0.692. The van der Waals surface area contributed by atoms with Crippen LogP contribution in [0.3, 0.4) is 0 Å². The lowest BCUT2D eigenvalue weighted by molar-refractivity contribution is 0.0904. The highest BCUT2D eigenvalue weighted by Gasteiger charge is 2.14. The molecule has 0 bridgehead atoms. The second-order valence-electron chi connectivity index (χ2n) is 4.79. The number of aryl methyl sites for hydroxylation is 1. The van der Waals surface area contributed by atoms with Crippen LogP contribution in [-0.4, -0.2) is 42.3 Å². The fourth-order valence-corrected chi connectivity index (χ4v) is 2.10. The first-order valence-corrected chi connectivity index (χ1v) is 6.92. The van der Waals surface area contributed by atoms with Crippen LogP contribution in [-0.2, 0) is 4.74 Å². The number of anilines is 2. The summed E-state index contributed by atoms with van der Waals surface area (Å²) in [5.41, 5.74) is 5.48. The average Bonchev–Trinajstić information content (AvgIpc) is 2.39. The Morgan fingerprint density at radius 2 is 2.05 bits per heavy atom. The molecule has 1 aliphatic heterocycles. The first-order valence-electron chi connectivity index (χ1n) is 6.92. The molecule has 0 aromatic carbocycles. The maximum absolute atomic E-state index is 5.48. The number of hydrogen-bond acceptors (Lipinski definition) is 6. The summed E-state index contributed by atoms with van der Waals surface area (Å²) in [5.74, 6) is 2.51. The zero-order chi connectivity index (χ0) is 13.5. The maximum atomic E-state index is 5.48. The van der Waals surface area contributed by atoms with Crippen molar-refractivity contribution in [2.45, 2.75) is 32.2 Å². The summed E-state index contributed by atoms with van der Waals surface area (Å²) in [6.45, 7) is 5.07. The molecule has 4 N–H and O–H groups in total. The van der Waals surface area contributed by atoms with Crippen LogP contribution in [0.15, 0.2) is 6.07 Å². The van der Waals surface area contributed by atoms with Gasteiger partial charge in [-0.3, -0.25) is 0 Å². The molecule has 1 aromatic rings. The molecule has 1 fully saturated rings. The van der Waals surface area contributed by atoms with E-state index >= 15 is 0 Å². The van der Waals surface area contributed by atoms with Crippen LogP contribution in [0.4, 0.5) is 11.6 Å². The van der Waals surface area contributed by atoms with Gasteiger partial charge in [-0.25, -0.2) is 9.97 Å². The molecule has 6 heteroatoms. The van der Waals surface area contributed by atoms with E-state index in [0.717, 1.165) is 56.5 Å². The minimum absolute atomic E-state index is 0.444. The summed E-state index contributed by atoms with van der Waals surface area (Å²) in [5, 5.41) is 6.72. The van der Waals surface area contributed by atoms with Crippen LogP contribution in [0.2, 0.25) is 0 Å². The van der Waals surface area contributed by atoms with Crippen LogP contribution in [0.1, 0.15) is 25.1 Å². The lowest BCUT2D eigenvalue weighted by atomic mass is 10.1. The molecule has 0 aliphatic carbocycles. The molecule has 1 aliphatic rings. The van der Waals surface area contributed by atoms with E-state index in [-0.39, 0.29) is 0 Å². The van der Waals surface area contributed by atoms with Gasteiger partial charge in [0.2, 0.25) is 0 Å². The number of nitrogens with one attached hydrogen (secondary N) is 2. The number of nitrogens with two attached hydrogens (primary N) is 1. The minimum Gasteiger partial charge on any atom is -0.381 e. The molecule has 0 atom stereocenters. The Bertz CT molecular complexity index is 393. The van der Waals surface area contributed by atoms with Gasteiger partial charge in [0, 0.05) is 31.9 Å². The van der Waals surface area contributed by atoms with Gasteiger partial charge in [0.15, 0.2) is 0 Å². The Hall–Kier alpha value is -1.40.